The molecule has 1 aromatic carbocycles. The van der Waals surface area contributed by atoms with Crippen LogP contribution in [-0.2, 0) is 5.41 Å². The van der Waals surface area contributed by atoms with Gasteiger partial charge in [-0.3, -0.25) is 0 Å². The first-order valence-corrected chi connectivity index (χ1v) is 5.60. The molecular formula is C13H14ClNO. The molecular weight excluding hydrogens is 222 g/mol. The van der Waals surface area contributed by atoms with Crippen LogP contribution in [0.15, 0.2) is 18.2 Å². The average Bonchev–Trinajstić information content (AvgIpc) is 2.82. The van der Waals surface area contributed by atoms with Gasteiger partial charge < -0.3 is 4.74 Å². The summed E-state index contributed by atoms with van der Waals surface area (Å²) in [5, 5.41) is 9.91. The Morgan fingerprint density at radius 3 is 2.44 bits per heavy atom. The first-order valence-electron chi connectivity index (χ1n) is 5.22. The van der Waals surface area contributed by atoms with E-state index in [1.165, 1.54) is 0 Å². The fourth-order valence-corrected chi connectivity index (χ4v) is 2.56. The summed E-state index contributed by atoms with van der Waals surface area (Å²) in [5.41, 5.74) is 0.661. The van der Waals surface area contributed by atoms with Crippen molar-refractivity contribution < 1.29 is 4.74 Å². The summed E-state index contributed by atoms with van der Waals surface area (Å²) < 4.78 is 5.10. The number of nitrogens with zero attached hydrogens (tertiary/aromatic N) is 1. The Kier molecular flexibility index (Phi) is 2.40. The summed E-state index contributed by atoms with van der Waals surface area (Å²) in [6.45, 7) is 4.21. The van der Waals surface area contributed by atoms with Gasteiger partial charge in [0.1, 0.15) is 5.75 Å². The van der Waals surface area contributed by atoms with E-state index in [-0.39, 0.29) is 10.8 Å². The Labute approximate surface area is 101 Å². The summed E-state index contributed by atoms with van der Waals surface area (Å²) in [7, 11) is 1.59. The van der Waals surface area contributed by atoms with E-state index >= 15 is 0 Å². The molecule has 0 spiro atoms. The molecule has 0 aliphatic heterocycles. The third kappa shape index (κ3) is 1.39. The van der Waals surface area contributed by atoms with Crippen LogP contribution in [-0.4, -0.2) is 7.11 Å². The second-order valence-corrected chi connectivity index (χ2v) is 5.33. The molecule has 84 valence electrons. The highest BCUT2D eigenvalue weighted by Crippen LogP contribution is 2.64. The van der Waals surface area contributed by atoms with Crippen molar-refractivity contribution in [1.29, 1.82) is 5.26 Å². The molecule has 16 heavy (non-hydrogen) atoms. The predicted molar refractivity (Wildman–Crippen MR) is 63.7 cm³/mol. The third-order valence-electron chi connectivity index (χ3n) is 3.57. The second kappa shape index (κ2) is 3.40. The highest BCUT2D eigenvalue weighted by Gasteiger charge is 2.63. The van der Waals surface area contributed by atoms with Gasteiger partial charge in [-0.25, -0.2) is 0 Å². The van der Waals surface area contributed by atoms with Crippen LogP contribution in [0.25, 0.3) is 0 Å². The van der Waals surface area contributed by atoms with Crippen molar-refractivity contribution in [3.63, 3.8) is 0 Å². The Bertz CT molecular complexity index is 475. The molecule has 0 heterocycles. The molecule has 0 bridgehead atoms. The van der Waals surface area contributed by atoms with Gasteiger partial charge in [0, 0.05) is 0 Å². The SMILES string of the molecule is COc1ccc(C2(C#N)CC2(C)C)cc1Cl. The van der Waals surface area contributed by atoms with Gasteiger partial charge in [0.15, 0.2) is 0 Å². The highest BCUT2D eigenvalue weighted by atomic mass is 35.5. The van der Waals surface area contributed by atoms with E-state index in [1.807, 2.05) is 18.2 Å². The van der Waals surface area contributed by atoms with Crippen molar-refractivity contribution in [2.75, 3.05) is 7.11 Å². The van der Waals surface area contributed by atoms with Gasteiger partial charge in [0.25, 0.3) is 0 Å². The molecule has 1 atom stereocenters. The first-order chi connectivity index (χ1) is 7.47. The highest BCUT2D eigenvalue weighted by molar-refractivity contribution is 6.32. The lowest BCUT2D eigenvalue weighted by molar-refractivity contribution is 0.414. The number of hydrogen-bond donors (Lipinski definition) is 0. The maximum atomic E-state index is 9.34. The van der Waals surface area contributed by atoms with Crippen molar-refractivity contribution >= 4 is 11.6 Å². The molecule has 0 N–H and O–H groups in total. The minimum absolute atomic E-state index is 0.0413. The molecule has 0 aromatic heterocycles. The third-order valence-corrected chi connectivity index (χ3v) is 3.87. The van der Waals surface area contributed by atoms with E-state index in [0.29, 0.717) is 10.8 Å². The second-order valence-electron chi connectivity index (χ2n) is 4.93. The van der Waals surface area contributed by atoms with Crippen LogP contribution < -0.4 is 4.74 Å². The van der Waals surface area contributed by atoms with Gasteiger partial charge in [-0.2, -0.15) is 5.26 Å². The molecule has 2 nitrogen and oxygen atoms in total. The molecule has 1 saturated carbocycles. The topological polar surface area (TPSA) is 33.0 Å². The van der Waals surface area contributed by atoms with Gasteiger partial charge in [-0.1, -0.05) is 31.5 Å². The van der Waals surface area contributed by atoms with Crippen LogP contribution in [0.5, 0.6) is 5.75 Å². The molecule has 1 fully saturated rings. The number of ether oxygens (including phenoxy) is 1. The molecule has 2 rings (SSSR count). The lowest BCUT2D eigenvalue weighted by atomic mass is 9.89. The largest absolute Gasteiger partial charge is 0.495 e. The summed E-state index contributed by atoms with van der Waals surface area (Å²) in [4.78, 5) is 0. The van der Waals surface area contributed by atoms with Gasteiger partial charge in [-0.15, -0.1) is 0 Å². The molecule has 0 saturated heterocycles. The number of rotatable bonds is 2. The quantitative estimate of drug-likeness (QED) is 0.786. The monoisotopic (exact) mass is 235 g/mol. The van der Waals surface area contributed by atoms with Crippen molar-refractivity contribution in [2.24, 2.45) is 5.41 Å². The molecule has 1 aliphatic rings. The molecule has 1 aliphatic carbocycles. The fourth-order valence-electron chi connectivity index (χ4n) is 2.30. The Morgan fingerprint density at radius 1 is 1.44 bits per heavy atom. The van der Waals surface area contributed by atoms with Crippen LogP contribution in [0, 0.1) is 16.7 Å². The first kappa shape index (κ1) is 11.3. The van der Waals surface area contributed by atoms with E-state index in [9.17, 15) is 5.26 Å². The molecule has 1 aromatic rings. The van der Waals surface area contributed by atoms with E-state index in [1.54, 1.807) is 7.11 Å². The standard InChI is InChI=1S/C13H14ClNO/c1-12(2)7-13(12,8-15)9-4-5-11(16-3)10(14)6-9/h4-6H,7H2,1-3H3. The van der Waals surface area contributed by atoms with Gasteiger partial charge in [0.05, 0.1) is 23.6 Å². The Balaban J connectivity index is 2.44. The lowest BCUT2D eigenvalue weighted by Gasteiger charge is -2.14. The number of hydrogen-bond acceptors (Lipinski definition) is 2. The summed E-state index contributed by atoms with van der Waals surface area (Å²) >= 11 is 6.08. The zero-order chi connectivity index (χ0) is 12.0. The Hall–Kier alpha value is -1.20. The number of methoxy groups -OCH3 is 1. The summed E-state index contributed by atoms with van der Waals surface area (Å²) in [6.07, 6.45) is 0.888. The lowest BCUT2D eigenvalue weighted by Crippen LogP contribution is -2.11. The number of benzene rings is 1. The smallest absolute Gasteiger partial charge is 0.137 e. The van der Waals surface area contributed by atoms with Crippen LogP contribution in [0.2, 0.25) is 5.02 Å². The van der Waals surface area contributed by atoms with Crippen molar-refractivity contribution in [1.82, 2.24) is 0 Å². The maximum Gasteiger partial charge on any atom is 0.137 e. The van der Waals surface area contributed by atoms with E-state index in [0.717, 1.165) is 12.0 Å². The zero-order valence-corrected chi connectivity index (χ0v) is 10.4. The van der Waals surface area contributed by atoms with Crippen LogP contribution in [0.1, 0.15) is 25.8 Å². The molecule has 0 amide bonds. The van der Waals surface area contributed by atoms with Gasteiger partial charge in [0.2, 0.25) is 0 Å². The predicted octanol–water partition coefficient (Wildman–Crippen LogP) is 3.54. The van der Waals surface area contributed by atoms with Crippen molar-refractivity contribution in [2.45, 2.75) is 25.7 Å². The maximum absolute atomic E-state index is 9.34. The normalized spacial score (nSPS) is 25.9. The minimum Gasteiger partial charge on any atom is -0.495 e. The van der Waals surface area contributed by atoms with Crippen LogP contribution in [0.3, 0.4) is 0 Å². The zero-order valence-electron chi connectivity index (χ0n) is 9.67. The summed E-state index contributed by atoms with van der Waals surface area (Å²) in [6, 6.07) is 8.03. The average molecular weight is 236 g/mol. The van der Waals surface area contributed by atoms with E-state index in [2.05, 4.69) is 19.9 Å². The number of nitriles is 1. The van der Waals surface area contributed by atoms with Crippen molar-refractivity contribution in [3.05, 3.63) is 28.8 Å². The van der Waals surface area contributed by atoms with Crippen LogP contribution in [0.4, 0.5) is 0 Å². The Morgan fingerprint density at radius 2 is 2.06 bits per heavy atom. The molecule has 1 unspecified atom stereocenters. The van der Waals surface area contributed by atoms with Gasteiger partial charge >= 0.3 is 0 Å². The van der Waals surface area contributed by atoms with Gasteiger partial charge in [-0.05, 0) is 29.5 Å². The fraction of sp³-hybridized carbons (Fsp3) is 0.462. The van der Waals surface area contributed by atoms with Crippen LogP contribution >= 0.6 is 11.6 Å². The van der Waals surface area contributed by atoms with E-state index < -0.39 is 0 Å². The molecule has 0 radical (unpaired) electrons. The van der Waals surface area contributed by atoms with Crippen molar-refractivity contribution in [3.8, 4) is 11.8 Å². The summed E-state index contributed by atoms with van der Waals surface area (Å²) in [5.74, 6) is 0.650. The minimum atomic E-state index is -0.372. The van der Waals surface area contributed by atoms with E-state index in [4.69, 9.17) is 16.3 Å². The molecule has 3 heteroatoms. The number of halogens is 1.